The van der Waals surface area contributed by atoms with Crippen LogP contribution in [0.3, 0.4) is 0 Å². The number of hydrogen-bond acceptors (Lipinski definition) is 3. The van der Waals surface area contributed by atoms with E-state index < -0.39 is 23.6 Å². The quantitative estimate of drug-likeness (QED) is 0.747. The Morgan fingerprint density at radius 1 is 1.00 bits per heavy atom. The molecule has 2 aliphatic heterocycles. The average molecular weight is 373 g/mol. The van der Waals surface area contributed by atoms with Crippen molar-refractivity contribution in [2.75, 3.05) is 11.5 Å². The molecule has 0 aliphatic carbocycles. The Hall–Kier alpha value is -3.09. The molecule has 0 saturated carbocycles. The zero-order valence-corrected chi connectivity index (χ0v) is 14.0. The summed E-state index contributed by atoms with van der Waals surface area (Å²) in [5, 5.41) is 0. The number of rotatable bonds is 2. The summed E-state index contributed by atoms with van der Waals surface area (Å²) in [6.07, 6.45) is -4.55. The van der Waals surface area contributed by atoms with Gasteiger partial charge in [0.05, 0.1) is 16.8 Å². The highest BCUT2D eigenvalue weighted by atomic mass is 19.4. The first kappa shape index (κ1) is 17.3. The van der Waals surface area contributed by atoms with E-state index in [1.807, 2.05) is 18.2 Å². The van der Waals surface area contributed by atoms with Crippen molar-refractivity contribution in [3.8, 4) is 0 Å². The van der Waals surface area contributed by atoms with Crippen molar-refractivity contribution in [2.24, 2.45) is 0 Å². The van der Waals surface area contributed by atoms with Crippen LogP contribution in [0.25, 0.3) is 0 Å². The van der Waals surface area contributed by atoms with E-state index >= 15 is 0 Å². The van der Waals surface area contributed by atoms with E-state index in [0.717, 1.165) is 17.7 Å². The predicted molar refractivity (Wildman–Crippen MR) is 90.7 cm³/mol. The zero-order valence-electron chi connectivity index (χ0n) is 14.0. The van der Waals surface area contributed by atoms with E-state index in [-0.39, 0.29) is 24.6 Å². The van der Waals surface area contributed by atoms with Crippen LogP contribution in [0.5, 0.6) is 0 Å². The molecule has 0 N–H and O–H groups in total. The molecule has 0 saturated heterocycles. The van der Waals surface area contributed by atoms with Crippen LogP contribution in [0.2, 0.25) is 0 Å². The summed E-state index contributed by atoms with van der Waals surface area (Å²) < 4.78 is 44.3. The van der Waals surface area contributed by atoms with Crippen LogP contribution in [-0.4, -0.2) is 18.5 Å². The van der Waals surface area contributed by atoms with Crippen molar-refractivity contribution in [3.05, 3.63) is 77.0 Å². The van der Waals surface area contributed by atoms with Crippen molar-refractivity contribution in [1.82, 2.24) is 0 Å². The first-order chi connectivity index (χ1) is 12.9. The SMILES string of the molecule is O=C1OCC2=C1[C@@H](c1ccccc1)CC(=O)N2c1cccc(C(F)(F)F)c1. The summed E-state index contributed by atoms with van der Waals surface area (Å²) in [7, 11) is 0. The van der Waals surface area contributed by atoms with Gasteiger partial charge in [0.25, 0.3) is 0 Å². The summed E-state index contributed by atoms with van der Waals surface area (Å²) in [5.41, 5.74) is 0.654. The van der Waals surface area contributed by atoms with Gasteiger partial charge in [-0.2, -0.15) is 13.2 Å². The lowest BCUT2D eigenvalue weighted by Crippen LogP contribution is -2.37. The molecule has 2 aromatic rings. The first-order valence-electron chi connectivity index (χ1n) is 8.31. The molecular weight excluding hydrogens is 359 g/mol. The summed E-state index contributed by atoms with van der Waals surface area (Å²) in [4.78, 5) is 26.3. The van der Waals surface area contributed by atoms with Crippen molar-refractivity contribution in [1.29, 1.82) is 0 Å². The maximum Gasteiger partial charge on any atom is 0.416 e. The molecule has 0 fully saturated rings. The van der Waals surface area contributed by atoms with Gasteiger partial charge in [0.1, 0.15) is 6.61 Å². The van der Waals surface area contributed by atoms with Gasteiger partial charge < -0.3 is 4.74 Å². The largest absolute Gasteiger partial charge is 0.456 e. The number of nitrogens with zero attached hydrogens (tertiary/aromatic N) is 1. The zero-order chi connectivity index (χ0) is 19.2. The molecule has 1 amide bonds. The lowest BCUT2D eigenvalue weighted by Gasteiger charge is -2.32. The Bertz CT molecular complexity index is 950. The second-order valence-electron chi connectivity index (χ2n) is 6.38. The van der Waals surface area contributed by atoms with Crippen LogP contribution in [-0.2, 0) is 20.5 Å². The number of halogens is 3. The van der Waals surface area contributed by atoms with Gasteiger partial charge in [0.2, 0.25) is 5.91 Å². The molecule has 138 valence electrons. The minimum absolute atomic E-state index is 0.0197. The van der Waals surface area contributed by atoms with Crippen LogP contribution in [0.1, 0.15) is 23.5 Å². The second-order valence-corrected chi connectivity index (χ2v) is 6.38. The highest BCUT2D eigenvalue weighted by Crippen LogP contribution is 2.42. The van der Waals surface area contributed by atoms with Gasteiger partial charge in [0, 0.05) is 18.0 Å². The van der Waals surface area contributed by atoms with E-state index in [4.69, 9.17) is 4.74 Å². The summed E-state index contributed by atoms with van der Waals surface area (Å²) >= 11 is 0. The molecule has 0 bridgehead atoms. The fourth-order valence-electron chi connectivity index (χ4n) is 3.55. The number of anilines is 1. The maximum atomic E-state index is 13.1. The number of hydrogen-bond donors (Lipinski definition) is 0. The highest BCUT2D eigenvalue weighted by molar-refractivity contribution is 6.06. The maximum absolute atomic E-state index is 13.1. The molecule has 0 radical (unpaired) electrons. The second kappa shape index (κ2) is 6.26. The van der Waals surface area contributed by atoms with E-state index in [1.165, 1.54) is 17.0 Å². The monoisotopic (exact) mass is 373 g/mol. The molecule has 2 aromatic carbocycles. The number of amides is 1. The van der Waals surface area contributed by atoms with Crippen molar-refractivity contribution >= 4 is 17.6 Å². The topological polar surface area (TPSA) is 46.6 Å². The Labute approximate surface area is 152 Å². The van der Waals surface area contributed by atoms with Crippen LogP contribution < -0.4 is 4.90 Å². The van der Waals surface area contributed by atoms with Crippen molar-refractivity contribution in [2.45, 2.75) is 18.5 Å². The Kier molecular flexibility index (Phi) is 4.02. The van der Waals surface area contributed by atoms with Gasteiger partial charge >= 0.3 is 12.1 Å². The third kappa shape index (κ3) is 2.99. The van der Waals surface area contributed by atoms with Gasteiger partial charge in [-0.25, -0.2) is 4.79 Å². The van der Waals surface area contributed by atoms with Crippen LogP contribution in [0, 0.1) is 0 Å². The van der Waals surface area contributed by atoms with Crippen LogP contribution >= 0.6 is 0 Å². The number of carbonyl (C=O) groups is 2. The molecule has 0 spiro atoms. The molecular formula is C20H14F3NO3. The molecule has 27 heavy (non-hydrogen) atoms. The minimum Gasteiger partial charge on any atom is -0.456 e. The third-order valence-electron chi connectivity index (χ3n) is 4.75. The molecule has 2 heterocycles. The van der Waals surface area contributed by atoms with E-state index in [1.54, 1.807) is 12.1 Å². The number of benzene rings is 2. The van der Waals surface area contributed by atoms with Gasteiger partial charge in [-0.05, 0) is 23.8 Å². The average Bonchev–Trinajstić information content (AvgIpc) is 3.03. The Balaban J connectivity index is 1.82. The smallest absolute Gasteiger partial charge is 0.416 e. The summed E-state index contributed by atoms with van der Waals surface area (Å²) in [6.45, 7) is -0.139. The summed E-state index contributed by atoms with van der Waals surface area (Å²) in [6, 6.07) is 13.6. The van der Waals surface area contributed by atoms with E-state index in [0.29, 0.717) is 11.3 Å². The minimum atomic E-state index is -4.53. The molecule has 0 aromatic heterocycles. The Morgan fingerprint density at radius 3 is 2.44 bits per heavy atom. The number of cyclic esters (lactones) is 1. The number of esters is 1. The molecule has 2 aliphatic rings. The highest BCUT2D eigenvalue weighted by Gasteiger charge is 2.43. The molecule has 0 unspecified atom stereocenters. The number of alkyl halides is 3. The normalized spacial score (nSPS) is 20.0. The summed E-state index contributed by atoms with van der Waals surface area (Å²) in [5.74, 6) is -1.38. The van der Waals surface area contributed by atoms with Gasteiger partial charge in [0.15, 0.2) is 0 Å². The van der Waals surface area contributed by atoms with Gasteiger partial charge in [-0.15, -0.1) is 0 Å². The van der Waals surface area contributed by atoms with Crippen LogP contribution in [0.15, 0.2) is 65.9 Å². The van der Waals surface area contributed by atoms with E-state index in [2.05, 4.69) is 0 Å². The van der Waals surface area contributed by atoms with Gasteiger partial charge in [-0.3, -0.25) is 9.69 Å². The molecule has 4 nitrogen and oxygen atoms in total. The molecule has 4 rings (SSSR count). The van der Waals surface area contributed by atoms with Crippen molar-refractivity contribution < 1.29 is 27.5 Å². The molecule has 1 atom stereocenters. The third-order valence-corrected chi connectivity index (χ3v) is 4.75. The van der Waals surface area contributed by atoms with E-state index in [9.17, 15) is 22.8 Å². The fourth-order valence-corrected chi connectivity index (χ4v) is 3.55. The Morgan fingerprint density at radius 2 is 1.74 bits per heavy atom. The first-order valence-corrected chi connectivity index (χ1v) is 8.31. The molecule has 7 heteroatoms. The van der Waals surface area contributed by atoms with Gasteiger partial charge in [-0.1, -0.05) is 36.4 Å². The lowest BCUT2D eigenvalue weighted by atomic mass is 9.84. The number of carbonyl (C=O) groups excluding carboxylic acids is 2. The van der Waals surface area contributed by atoms with Crippen molar-refractivity contribution in [3.63, 3.8) is 0 Å². The van der Waals surface area contributed by atoms with Crippen LogP contribution in [0.4, 0.5) is 18.9 Å². The lowest BCUT2D eigenvalue weighted by molar-refractivity contribution is -0.138. The standard InChI is InChI=1S/C20H14F3NO3/c21-20(22,23)13-7-4-8-14(9-13)24-16-11-27-19(26)18(16)15(10-17(24)25)12-5-2-1-3-6-12/h1-9,15H,10-11H2/t15-/m1/s1. The fraction of sp³-hybridized carbons (Fsp3) is 0.200. The predicted octanol–water partition coefficient (Wildman–Crippen LogP) is 4.04. The number of ether oxygens (including phenoxy) is 1.